The highest BCUT2D eigenvalue weighted by atomic mass is 16.5. The van der Waals surface area contributed by atoms with Crippen molar-refractivity contribution in [3.8, 4) is 5.75 Å². The zero-order valence-corrected chi connectivity index (χ0v) is 10.4. The Hall–Kier alpha value is -1.71. The second-order valence-corrected chi connectivity index (χ2v) is 4.62. The minimum atomic E-state index is -0.788. The van der Waals surface area contributed by atoms with E-state index in [1.165, 1.54) is 12.8 Å². The van der Waals surface area contributed by atoms with Crippen molar-refractivity contribution in [2.24, 2.45) is 0 Å². The van der Waals surface area contributed by atoms with Gasteiger partial charge in [-0.2, -0.15) is 0 Å². The predicted octanol–water partition coefficient (Wildman–Crippen LogP) is 2.89. The first-order valence-electron chi connectivity index (χ1n) is 6.46. The molecule has 1 aliphatic rings. The molecular weight excluding hydrogens is 230 g/mol. The van der Waals surface area contributed by atoms with Crippen LogP contribution in [-0.4, -0.2) is 23.7 Å². The molecule has 98 valence electrons. The third-order valence-electron chi connectivity index (χ3n) is 3.13. The van der Waals surface area contributed by atoms with Gasteiger partial charge in [0.2, 0.25) is 0 Å². The second-order valence-electron chi connectivity index (χ2n) is 4.62. The molecule has 4 nitrogen and oxygen atoms in total. The van der Waals surface area contributed by atoms with E-state index >= 15 is 0 Å². The fourth-order valence-electron chi connectivity index (χ4n) is 2.16. The third-order valence-corrected chi connectivity index (χ3v) is 3.13. The van der Waals surface area contributed by atoms with Crippen molar-refractivity contribution in [1.29, 1.82) is 0 Å². The van der Waals surface area contributed by atoms with Crippen LogP contribution in [0.1, 0.15) is 32.1 Å². The number of anilines is 1. The highest BCUT2D eigenvalue weighted by Crippen LogP contribution is 2.24. The molecule has 1 aliphatic carbocycles. The number of nitrogens with one attached hydrogen (secondary N) is 1. The van der Waals surface area contributed by atoms with Gasteiger partial charge in [-0.3, -0.25) is 4.79 Å². The van der Waals surface area contributed by atoms with Gasteiger partial charge in [0, 0.05) is 12.2 Å². The molecule has 2 N–H and O–H groups in total. The van der Waals surface area contributed by atoms with Crippen molar-refractivity contribution < 1.29 is 14.6 Å². The fraction of sp³-hybridized carbons (Fsp3) is 0.500. The van der Waals surface area contributed by atoms with Gasteiger partial charge in [0.25, 0.3) is 0 Å². The predicted molar refractivity (Wildman–Crippen MR) is 70.1 cm³/mol. The van der Waals surface area contributed by atoms with E-state index in [0.29, 0.717) is 12.6 Å². The van der Waals surface area contributed by atoms with Crippen molar-refractivity contribution >= 4 is 11.7 Å². The summed E-state index contributed by atoms with van der Waals surface area (Å²) in [5.41, 5.74) is 0.926. The Balaban J connectivity index is 1.79. The maximum atomic E-state index is 10.4. The first-order chi connectivity index (χ1) is 8.74. The van der Waals surface area contributed by atoms with Gasteiger partial charge in [-0.25, -0.2) is 0 Å². The molecule has 1 aromatic carbocycles. The van der Waals surface area contributed by atoms with Crippen LogP contribution in [0.5, 0.6) is 5.75 Å². The molecule has 0 heterocycles. The largest absolute Gasteiger partial charge is 0.490 e. The molecule has 0 aromatic heterocycles. The van der Waals surface area contributed by atoms with Gasteiger partial charge in [0.15, 0.2) is 0 Å². The van der Waals surface area contributed by atoms with Crippen LogP contribution < -0.4 is 10.1 Å². The molecule has 0 atom stereocenters. The smallest absolute Gasteiger partial charge is 0.305 e. The molecule has 0 unspecified atom stereocenters. The van der Waals surface area contributed by atoms with Crippen LogP contribution in [-0.2, 0) is 4.79 Å². The first-order valence-corrected chi connectivity index (χ1v) is 6.46. The summed E-state index contributed by atoms with van der Waals surface area (Å²) < 4.78 is 5.85. The lowest BCUT2D eigenvalue weighted by molar-refractivity contribution is -0.136. The van der Waals surface area contributed by atoms with Crippen molar-refractivity contribution in [2.75, 3.05) is 11.9 Å². The monoisotopic (exact) mass is 249 g/mol. The molecule has 0 saturated heterocycles. The number of rotatable bonds is 6. The average molecular weight is 249 g/mol. The number of hydrogen-bond donors (Lipinski definition) is 2. The topological polar surface area (TPSA) is 58.6 Å². The van der Waals surface area contributed by atoms with Crippen LogP contribution in [0.3, 0.4) is 0 Å². The molecule has 18 heavy (non-hydrogen) atoms. The van der Waals surface area contributed by atoms with Crippen LogP contribution in [0.25, 0.3) is 0 Å². The van der Waals surface area contributed by atoms with Gasteiger partial charge in [-0.15, -0.1) is 0 Å². The average Bonchev–Trinajstić information content (AvgIpc) is 2.84. The van der Waals surface area contributed by atoms with E-state index in [4.69, 9.17) is 9.84 Å². The molecular formula is C14H19NO3. The molecule has 1 fully saturated rings. The van der Waals surface area contributed by atoms with Gasteiger partial charge in [0.05, 0.1) is 12.5 Å². The summed E-state index contributed by atoms with van der Waals surface area (Å²) in [6, 6.07) is 7.71. The van der Waals surface area contributed by atoms with E-state index < -0.39 is 5.97 Å². The normalized spacial score (nSPS) is 15.6. The number of aliphatic carboxylic acids is 1. The maximum absolute atomic E-state index is 10.4. The Morgan fingerprint density at radius 1 is 1.28 bits per heavy atom. The van der Waals surface area contributed by atoms with Gasteiger partial charge in [0.1, 0.15) is 5.75 Å². The molecule has 0 amide bonds. The number of hydrogen-bond acceptors (Lipinski definition) is 3. The minimum absolute atomic E-state index is 0.125. The van der Waals surface area contributed by atoms with E-state index in [0.717, 1.165) is 24.3 Å². The summed E-state index contributed by atoms with van der Waals surface area (Å²) in [6.07, 6.45) is 5.33. The Bertz CT molecular complexity index is 383. The van der Waals surface area contributed by atoms with Crippen molar-refractivity contribution in [3.63, 3.8) is 0 Å². The fourth-order valence-corrected chi connectivity index (χ4v) is 2.16. The molecule has 0 radical (unpaired) electrons. The standard InChI is InChI=1S/C14H19NO3/c16-14(17)9-10-15-11-5-7-13(8-6-11)18-12-3-1-2-4-12/h5-8,12,15H,1-4,9-10H2,(H,16,17). The molecule has 0 bridgehead atoms. The lowest BCUT2D eigenvalue weighted by atomic mass is 10.2. The Morgan fingerprint density at radius 3 is 2.56 bits per heavy atom. The summed E-state index contributed by atoms with van der Waals surface area (Å²) in [7, 11) is 0. The molecule has 1 saturated carbocycles. The summed E-state index contributed by atoms with van der Waals surface area (Å²) in [5, 5.41) is 11.6. The van der Waals surface area contributed by atoms with E-state index in [2.05, 4.69) is 5.32 Å². The molecule has 2 rings (SSSR count). The van der Waals surface area contributed by atoms with Crippen molar-refractivity contribution in [2.45, 2.75) is 38.2 Å². The van der Waals surface area contributed by atoms with Crippen LogP contribution in [0.2, 0.25) is 0 Å². The third kappa shape index (κ3) is 3.95. The zero-order valence-electron chi connectivity index (χ0n) is 10.4. The number of carbonyl (C=O) groups is 1. The quantitative estimate of drug-likeness (QED) is 0.814. The van der Waals surface area contributed by atoms with Crippen molar-refractivity contribution in [1.82, 2.24) is 0 Å². The number of carboxylic acids is 1. The summed E-state index contributed by atoms with van der Waals surface area (Å²) >= 11 is 0. The van der Waals surface area contributed by atoms with Crippen LogP contribution >= 0.6 is 0 Å². The Kier molecular flexibility index (Phi) is 4.45. The lowest BCUT2D eigenvalue weighted by Crippen LogP contribution is -2.11. The van der Waals surface area contributed by atoms with Crippen LogP contribution in [0.15, 0.2) is 24.3 Å². The highest BCUT2D eigenvalue weighted by Gasteiger charge is 2.16. The number of carboxylic acid groups (broad SMARTS) is 1. The lowest BCUT2D eigenvalue weighted by Gasteiger charge is -2.13. The minimum Gasteiger partial charge on any atom is -0.490 e. The maximum Gasteiger partial charge on any atom is 0.305 e. The van der Waals surface area contributed by atoms with E-state index in [9.17, 15) is 4.79 Å². The van der Waals surface area contributed by atoms with Crippen LogP contribution in [0, 0.1) is 0 Å². The first kappa shape index (κ1) is 12.7. The molecule has 4 heteroatoms. The van der Waals surface area contributed by atoms with Gasteiger partial charge >= 0.3 is 5.97 Å². The summed E-state index contributed by atoms with van der Waals surface area (Å²) in [4.78, 5) is 10.4. The van der Waals surface area contributed by atoms with Gasteiger partial charge < -0.3 is 15.2 Å². The zero-order chi connectivity index (χ0) is 12.8. The Morgan fingerprint density at radius 2 is 1.94 bits per heavy atom. The second kappa shape index (κ2) is 6.28. The molecule has 0 aliphatic heterocycles. The number of benzene rings is 1. The van der Waals surface area contributed by atoms with Gasteiger partial charge in [-0.1, -0.05) is 0 Å². The summed E-state index contributed by atoms with van der Waals surface area (Å²) in [6.45, 7) is 0.443. The van der Waals surface area contributed by atoms with Crippen LogP contribution in [0.4, 0.5) is 5.69 Å². The van der Waals surface area contributed by atoms with E-state index in [1.807, 2.05) is 24.3 Å². The molecule has 0 spiro atoms. The van der Waals surface area contributed by atoms with Crippen molar-refractivity contribution in [3.05, 3.63) is 24.3 Å². The highest BCUT2D eigenvalue weighted by molar-refractivity contribution is 5.67. The van der Waals surface area contributed by atoms with E-state index in [-0.39, 0.29) is 6.42 Å². The Labute approximate surface area is 107 Å². The number of ether oxygens (including phenoxy) is 1. The van der Waals surface area contributed by atoms with Gasteiger partial charge in [-0.05, 0) is 49.9 Å². The summed E-state index contributed by atoms with van der Waals surface area (Å²) in [5.74, 6) is 0.106. The molecule has 1 aromatic rings. The van der Waals surface area contributed by atoms with E-state index in [1.54, 1.807) is 0 Å². The SMILES string of the molecule is O=C(O)CCNc1ccc(OC2CCCC2)cc1.